The second-order valence-corrected chi connectivity index (χ2v) is 5.48. The van der Waals surface area contributed by atoms with Crippen molar-refractivity contribution in [1.29, 1.82) is 0 Å². The number of benzene rings is 2. The molecular weight excluding hydrogens is 288 g/mol. The van der Waals surface area contributed by atoms with Crippen molar-refractivity contribution in [2.75, 3.05) is 0 Å². The highest BCUT2D eigenvalue weighted by Gasteiger charge is 2.19. The van der Waals surface area contributed by atoms with Gasteiger partial charge in [-0.3, -0.25) is 9.59 Å². The van der Waals surface area contributed by atoms with Gasteiger partial charge in [0.25, 0.3) is 0 Å². The van der Waals surface area contributed by atoms with Gasteiger partial charge in [-0.2, -0.15) is 0 Å². The Kier molecular flexibility index (Phi) is 5.92. The van der Waals surface area contributed by atoms with E-state index in [1.54, 1.807) is 12.1 Å². The van der Waals surface area contributed by atoms with E-state index >= 15 is 0 Å². The number of hydrogen-bond acceptors (Lipinski definition) is 2. The highest BCUT2D eigenvalue weighted by molar-refractivity contribution is 5.87. The first-order valence-corrected chi connectivity index (χ1v) is 7.81. The average molecular weight is 310 g/mol. The van der Waals surface area contributed by atoms with Crippen molar-refractivity contribution in [3.63, 3.8) is 0 Å². The SMILES string of the molecule is CCc1ccc(CCC(=O)N[C@H](C(N)=O)c2ccccc2)cc1. The second kappa shape index (κ2) is 8.13. The Morgan fingerprint density at radius 3 is 2.17 bits per heavy atom. The maximum absolute atomic E-state index is 12.1. The molecule has 0 aromatic heterocycles. The monoisotopic (exact) mass is 310 g/mol. The lowest BCUT2D eigenvalue weighted by molar-refractivity contribution is -0.127. The van der Waals surface area contributed by atoms with E-state index in [-0.39, 0.29) is 5.91 Å². The molecule has 0 heterocycles. The molecule has 0 saturated heterocycles. The van der Waals surface area contributed by atoms with Crippen LogP contribution in [0.1, 0.15) is 36.1 Å². The Morgan fingerprint density at radius 2 is 1.61 bits per heavy atom. The zero-order valence-electron chi connectivity index (χ0n) is 13.3. The van der Waals surface area contributed by atoms with Crippen LogP contribution in [0.4, 0.5) is 0 Å². The largest absolute Gasteiger partial charge is 0.368 e. The molecule has 0 saturated carbocycles. The van der Waals surface area contributed by atoms with E-state index in [2.05, 4.69) is 24.4 Å². The molecule has 0 aliphatic rings. The van der Waals surface area contributed by atoms with Gasteiger partial charge in [-0.25, -0.2) is 0 Å². The van der Waals surface area contributed by atoms with Crippen LogP contribution in [0.3, 0.4) is 0 Å². The van der Waals surface area contributed by atoms with E-state index in [1.807, 2.05) is 30.3 Å². The van der Waals surface area contributed by atoms with Crippen LogP contribution in [-0.4, -0.2) is 11.8 Å². The molecule has 4 nitrogen and oxygen atoms in total. The molecule has 0 bridgehead atoms. The van der Waals surface area contributed by atoms with E-state index in [9.17, 15) is 9.59 Å². The Morgan fingerprint density at radius 1 is 1.00 bits per heavy atom. The van der Waals surface area contributed by atoms with Gasteiger partial charge in [-0.05, 0) is 29.5 Å². The van der Waals surface area contributed by atoms with Gasteiger partial charge in [0.1, 0.15) is 6.04 Å². The van der Waals surface area contributed by atoms with Gasteiger partial charge in [0.2, 0.25) is 11.8 Å². The summed E-state index contributed by atoms with van der Waals surface area (Å²) in [4.78, 5) is 23.7. The summed E-state index contributed by atoms with van der Waals surface area (Å²) >= 11 is 0. The number of aryl methyl sites for hydroxylation is 2. The van der Waals surface area contributed by atoms with Gasteiger partial charge >= 0.3 is 0 Å². The van der Waals surface area contributed by atoms with Gasteiger partial charge < -0.3 is 11.1 Å². The molecule has 0 unspecified atom stereocenters. The van der Waals surface area contributed by atoms with Crippen molar-refractivity contribution in [3.8, 4) is 0 Å². The maximum Gasteiger partial charge on any atom is 0.244 e. The fourth-order valence-corrected chi connectivity index (χ4v) is 2.40. The summed E-state index contributed by atoms with van der Waals surface area (Å²) in [6.07, 6.45) is 1.95. The fourth-order valence-electron chi connectivity index (χ4n) is 2.40. The van der Waals surface area contributed by atoms with Gasteiger partial charge in [-0.1, -0.05) is 61.5 Å². The average Bonchev–Trinajstić information content (AvgIpc) is 2.58. The van der Waals surface area contributed by atoms with Gasteiger partial charge in [0.05, 0.1) is 0 Å². The molecule has 0 aliphatic heterocycles. The Hall–Kier alpha value is -2.62. The summed E-state index contributed by atoms with van der Waals surface area (Å²) < 4.78 is 0. The summed E-state index contributed by atoms with van der Waals surface area (Å²) in [5.41, 5.74) is 8.48. The minimum Gasteiger partial charge on any atom is -0.368 e. The number of rotatable bonds is 7. The first kappa shape index (κ1) is 16.7. The normalized spacial score (nSPS) is 11.7. The van der Waals surface area contributed by atoms with Crippen molar-refractivity contribution in [2.24, 2.45) is 5.73 Å². The van der Waals surface area contributed by atoms with Crippen LogP contribution in [0.25, 0.3) is 0 Å². The summed E-state index contributed by atoms with van der Waals surface area (Å²) in [7, 11) is 0. The third-order valence-electron chi connectivity index (χ3n) is 3.79. The molecule has 0 aliphatic carbocycles. The highest BCUT2D eigenvalue weighted by atomic mass is 16.2. The predicted octanol–water partition coefficient (Wildman–Crippen LogP) is 2.52. The molecule has 23 heavy (non-hydrogen) atoms. The van der Waals surface area contributed by atoms with Crippen LogP contribution in [0, 0.1) is 0 Å². The number of carbonyl (C=O) groups is 2. The number of nitrogens with one attached hydrogen (secondary N) is 1. The molecule has 2 aromatic carbocycles. The lowest BCUT2D eigenvalue weighted by Crippen LogP contribution is -2.37. The quantitative estimate of drug-likeness (QED) is 0.825. The maximum atomic E-state index is 12.1. The molecule has 0 spiro atoms. The second-order valence-electron chi connectivity index (χ2n) is 5.48. The van der Waals surface area contributed by atoms with Crippen LogP contribution in [0.15, 0.2) is 54.6 Å². The first-order valence-electron chi connectivity index (χ1n) is 7.81. The van der Waals surface area contributed by atoms with E-state index in [1.165, 1.54) is 5.56 Å². The molecular formula is C19H22N2O2. The van der Waals surface area contributed by atoms with Gasteiger partial charge in [0.15, 0.2) is 0 Å². The Bertz CT molecular complexity index is 651. The zero-order chi connectivity index (χ0) is 16.7. The molecule has 3 N–H and O–H groups in total. The minimum absolute atomic E-state index is 0.183. The van der Waals surface area contributed by atoms with Gasteiger partial charge in [-0.15, -0.1) is 0 Å². The minimum atomic E-state index is -0.786. The van der Waals surface area contributed by atoms with Crippen molar-refractivity contribution < 1.29 is 9.59 Å². The smallest absolute Gasteiger partial charge is 0.244 e. The van der Waals surface area contributed by atoms with E-state index < -0.39 is 11.9 Å². The zero-order valence-corrected chi connectivity index (χ0v) is 13.3. The molecule has 1 atom stereocenters. The molecule has 4 heteroatoms. The molecule has 2 amide bonds. The van der Waals surface area contributed by atoms with E-state index in [0.29, 0.717) is 18.4 Å². The number of primary amides is 1. The third kappa shape index (κ3) is 4.95. The van der Waals surface area contributed by atoms with Crippen LogP contribution in [0.2, 0.25) is 0 Å². The summed E-state index contributed by atoms with van der Waals surface area (Å²) in [6.45, 7) is 2.11. The Balaban J connectivity index is 1.93. The lowest BCUT2D eigenvalue weighted by Gasteiger charge is -2.15. The number of amides is 2. The molecule has 0 fully saturated rings. The standard InChI is InChI=1S/C19H22N2O2/c1-2-14-8-10-15(11-9-14)12-13-17(22)21-18(19(20)23)16-6-4-3-5-7-16/h3-11,18H,2,12-13H2,1H3,(H2,20,23)(H,21,22)/t18-/m0/s1. The van der Waals surface area contributed by atoms with Crippen molar-refractivity contribution in [2.45, 2.75) is 32.2 Å². The van der Waals surface area contributed by atoms with Gasteiger partial charge in [0, 0.05) is 6.42 Å². The van der Waals surface area contributed by atoms with Crippen LogP contribution in [-0.2, 0) is 22.4 Å². The molecule has 0 radical (unpaired) electrons. The fraction of sp³-hybridized carbons (Fsp3) is 0.263. The number of carbonyl (C=O) groups excluding carboxylic acids is 2. The highest BCUT2D eigenvalue weighted by Crippen LogP contribution is 2.13. The van der Waals surface area contributed by atoms with Crippen molar-refractivity contribution >= 4 is 11.8 Å². The first-order chi connectivity index (χ1) is 11.1. The number of nitrogens with two attached hydrogens (primary N) is 1. The predicted molar refractivity (Wildman–Crippen MR) is 90.7 cm³/mol. The molecule has 120 valence electrons. The van der Waals surface area contributed by atoms with E-state index in [0.717, 1.165) is 12.0 Å². The van der Waals surface area contributed by atoms with Crippen molar-refractivity contribution in [3.05, 3.63) is 71.3 Å². The van der Waals surface area contributed by atoms with Crippen LogP contribution >= 0.6 is 0 Å². The lowest BCUT2D eigenvalue weighted by atomic mass is 10.0. The molecule has 2 aromatic rings. The van der Waals surface area contributed by atoms with Crippen LogP contribution in [0.5, 0.6) is 0 Å². The summed E-state index contributed by atoms with van der Waals surface area (Å²) in [5, 5.41) is 2.71. The van der Waals surface area contributed by atoms with Crippen LogP contribution < -0.4 is 11.1 Å². The molecule has 2 rings (SSSR count). The third-order valence-corrected chi connectivity index (χ3v) is 3.79. The van der Waals surface area contributed by atoms with E-state index in [4.69, 9.17) is 5.73 Å². The summed E-state index contributed by atoms with van der Waals surface area (Å²) in [6, 6.07) is 16.5. The van der Waals surface area contributed by atoms with Crippen molar-refractivity contribution in [1.82, 2.24) is 5.32 Å². The number of hydrogen-bond donors (Lipinski definition) is 2. The topological polar surface area (TPSA) is 72.2 Å². The Labute approximate surface area is 136 Å². The summed E-state index contributed by atoms with van der Waals surface area (Å²) in [5.74, 6) is -0.742.